The van der Waals surface area contributed by atoms with E-state index in [2.05, 4.69) is 10.4 Å². The van der Waals surface area contributed by atoms with Gasteiger partial charge < -0.3 is 10.2 Å². The van der Waals surface area contributed by atoms with Gasteiger partial charge in [0, 0.05) is 30.1 Å². The first-order chi connectivity index (χ1) is 12.9. The highest BCUT2D eigenvalue weighted by Crippen LogP contribution is 2.30. The third kappa shape index (κ3) is 2.77. The molecule has 8 heteroatoms. The van der Waals surface area contributed by atoms with Crippen molar-refractivity contribution >= 4 is 23.4 Å². The lowest BCUT2D eigenvalue weighted by Crippen LogP contribution is -2.43. The molecular formula is C19H18ClN5O2. The highest BCUT2D eigenvalue weighted by molar-refractivity contribution is 6.31. The van der Waals surface area contributed by atoms with Crippen molar-refractivity contribution in [3.8, 4) is 6.07 Å². The van der Waals surface area contributed by atoms with Gasteiger partial charge in [0.05, 0.1) is 28.9 Å². The molecule has 0 radical (unpaired) electrons. The molecular weight excluding hydrogens is 366 g/mol. The van der Waals surface area contributed by atoms with Crippen LogP contribution in [0.2, 0.25) is 5.02 Å². The third-order valence-corrected chi connectivity index (χ3v) is 5.56. The lowest BCUT2D eigenvalue weighted by Gasteiger charge is -2.33. The second-order valence-corrected chi connectivity index (χ2v) is 7.48. The van der Waals surface area contributed by atoms with Crippen LogP contribution in [0.4, 0.5) is 0 Å². The monoisotopic (exact) mass is 383 g/mol. The first-order valence-corrected chi connectivity index (χ1v) is 9.17. The number of benzene rings is 1. The van der Waals surface area contributed by atoms with E-state index in [1.54, 1.807) is 21.7 Å². The smallest absolute Gasteiger partial charge is 0.270 e. The largest absolute Gasteiger partial charge is 0.349 e. The van der Waals surface area contributed by atoms with Crippen LogP contribution in [-0.4, -0.2) is 39.1 Å². The minimum atomic E-state index is -0.189. The molecule has 1 aromatic heterocycles. The van der Waals surface area contributed by atoms with E-state index in [4.69, 9.17) is 16.9 Å². The molecule has 138 valence electrons. The number of hydrogen-bond acceptors (Lipinski definition) is 4. The van der Waals surface area contributed by atoms with E-state index >= 15 is 0 Å². The van der Waals surface area contributed by atoms with Gasteiger partial charge in [0.15, 0.2) is 0 Å². The van der Waals surface area contributed by atoms with Gasteiger partial charge in [-0.1, -0.05) is 11.6 Å². The number of fused-ring (bicyclic) bond motifs is 3. The van der Waals surface area contributed by atoms with E-state index < -0.39 is 0 Å². The van der Waals surface area contributed by atoms with Gasteiger partial charge in [-0.05, 0) is 32.0 Å². The maximum atomic E-state index is 13.1. The molecule has 0 fully saturated rings. The summed E-state index contributed by atoms with van der Waals surface area (Å²) in [4.78, 5) is 27.2. The van der Waals surface area contributed by atoms with Gasteiger partial charge in [-0.2, -0.15) is 10.4 Å². The Bertz CT molecular complexity index is 1010. The molecule has 2 aromatic rings. The minimum absolute atomic E-state index is 0.0680. The van der Waals surface area contributed by atoms with Crippen molar-refractivity contribution in [1.29, 1.82) is 5.26 Å². The molecule has 1 N–H and O–H groups in total. The van der Waals surface area contributed by atoms with Crippen molar-refractivity contribution in [2.75, 3.05) is 6.54 Å². The van der Waals surface area contributed by atoms with Gasteiger partial charge in [0.2, 0.25) is 0 Å². The number of carbonyl (C=O) groups excluding carboxylic acids is 2. The Balaban J connectivity index is 1.71. The van der Waals surface area contributed by atoms with Crippen LogP contribution >= 0.6 is 11.6 Å². The first-order valence-electron chi connectivity index (χ1n) is 8.79. The lowest BCUT2D eigenvalue weighted by molar-refractivity contribution is 0.0654. The minimum Gasteiger partial charge on any atom is -0.349 e. The van der Waals surface area contributed by atoms with E-state index in [9.17, 15) is 9.59 Å². The second kappa shape index (κ2) is 6.39. The Morgan fingerprint density at radius 2 is 2.15 bits per heavy atom. The van der Waals surface area contributed by atoms with Gasteiger partial charge in [-0.3, -0.25) is 14.3 Å². The van der Waals surface area contributed by atoms with Crippen LogP contribution in [0.15, 0.2) is 18.2 Å². The summed E-state index contributed by atoms with van der Waals surface area (Å²) >= 11 is 5.97. The van der Waals surface area contributed by atoms with Crippen molar-refractivity contribution in [3.05, 3.63) is 51.3 Å². The molecule has 0 saturated heterocycles. The summed E-state index contributed by atoms with van der Waals surface area (Å²) < 4.78 is 1.78. The topological polar surface area (TPSA) is 91.0 Å². The zero-order chi connectivity index (χ0) is 19.3. The van der Waals surface area contributed by atoms with Crippen LogP contribution in [0.3, 0.4) is 0 Å². The Morgan fingerprint density at radius 3 is 2.89 bits per heavy atom. The van der Waals surface area contributed by atoms with Crippen LogP contribution in [-0.2, 0) is 13.0 Å². The average molecular weight is 384 g/mol. The molecule has 27 heavy (non-hydrogen) atoms. The summed E-state index contributed by atoms with van der Waals surface area (Å²) in [6.07, 6.45) is 0.583. The average Bonchev–Trinajstić information content (AvgIpc) is 3.03. The van der Waals surface area contributed by atoms with Gasteiger partial charge in [0.1, 0.15) is 11.8 Å². The zero-order valence-corrected chi connectivity index (χ0v) is 15.7. The molecule has 0 saturated carbocycles. The Labute approximate surface area is 161 Å². The zero-order valence-electron chi connectivity index (χ0n) is 15.0. The van der Waals surface area contributed by atoms with Gasteiger partial charge in [-0.25, -0.2) is 0 Å². The fourth-order valence-corrected chi connectivity index (χ4v) is 3.87. The van der Waals surface area contributed by atoms with Crippen molar-refractivity contribution in [2.45, 2.75) is 38.9 Å². The van der Waals surface area contributed by atoms with Crippen molar-refractivity contribution in [3.63, 3.8) is 0 Å². The van der Waals surface area contributed by atoms with Crippen LogP contribution < -0.4 is 5.32 Å². The summed E-state index contributed by atoms with van der Waals surface area (Å²) in [6.45, 7) is 4.83. The van der Waals surface area contributed by atoms with Crippen LogP contribution in [0, 0.1) is 11.3 Å². The number of amides is 2. The SMILES string of the molecule is CC1CNC(=O)c2c3c(nn21)C[C@@H](C)N(C(=O)c1ccc(Cl)c(C#N)c1)C3. The third-order valence-electron chi connectivity index (χ3n) is 5.23. The van der Waals surface area contributed by atoms with Gasteiger partial charge in [0.25, 0.3) is 11.8 Å². The van der Waals surface area contributed by atoms with E-state index in [1.807, 2.05) is 19.9 Å². The number of nitrogens with one attached hydrogen (secondary N) is 1. The Kier molecular flexibility index (Phi) is 4.16. The number of hydrogen-bond donors (Lipinski definition) is 1. The van der Waals surface area contributed by atoms with Crippen LogP contribution in [0.1, 0.15) is 57.6 Å². The molecule has 2 atom stereocenters. The lowest BCUT2D eigenvalue weighted by atomic mass is 9.97. The highest BCUT2D eigenvalue weighted by atomic mass is 35.5. The second-order valence-electron chi connectivity index (χ2n) is 7.07. The number of nitrogens with zero attached hydrogens (tertiary/aromatic N) is 4. The number of carbonyl (C=O) groups is 2. The first kappa shape index (κ1) is 17.6. The molecule has 2 aliphatic heterocycles. The van der Waals surface area contributed by atoms with E-state index in [1.165, 1.54) is 6.07 Å². The molecule has 1 aromatic carbocycles. The molecule has 2 aliphatic rings. The highest BCUT2D eigenvalue weighted by Gasteiger charge is 2.36. The molecule has 3 heterocycles. The van der Waals surface area contributed by atoms with Crippen molar-refractivity contribution < 1.29 is 9.59 Å². The fourth-order valence-electron chi connectivity index (χ4n) is 3.71. The number of rotatable bonds is 1. The molecule has 0 aliphatic carbocycles. The summed E-state index contributed by atoms with van der Waals surface area (Å²) in [5.74, 6) is -0.340. The Morgan fingerprint density at radius 1 is 1.37 bits per heavy atom. The summed E-state index contributed by atoms with van der Waals surface area (Å²) in [5, 5.41) is 17.0. The molecule has 0 bridgehead atoms. The summed E-state index contributed by atoms with van der Waals surface area (Å²) in [5.41, 5.74) is 2.90. The van der Waals surface area contributed by atoms with Crippen LogP contribution in [0.5, 0.6) is 0 Å². The van der Waals surface area contributed by atoms with Crippen LogP contribution in [0.25, 0.3) is 0 Å². The van der Waals surface area contributed by atoms with E-state index in [0.29, 0.717) is 35.8 Å². The van der Waals surface area contributed by atoms with Crippen molar-refractivity contribution in [2.24, 2.45) is 0 Å². The maximum absolute atomic E-state index is 13.1. The molecule has 0 spiro atoms. The summed E-state index contributed by atoms with van der Waals surface area (Å²) in [6, 6.07) is 6.70. The van der Waals surface area contributed by atoms with Gasteiger partial charge >= 0.3 is 0 Å². The number of aromatic nitrogens is 2. The van der Waals surface area contributed by atoms with Crippen molar-refractivity contribution in [1.82, 2.24) is 20.0 Å². The number of halogens is 1. The predicted molar refractivity (Wildman–Crippen MR) is 98.5 cm³/mol. The van der Waals surface area contributed by atoms with Gasteiger partial charge in [-0.15, -0.1) is 0 Å². The quantitative estimate of drug-likeness (QED) is 0.817. The summed E-state index contributed by atoms with van der Waals surface area (Å²) in [7, 11) is 0. The maximum Gasteiger partial charge on any atom is 0.270 e. The molecule has 4 rings (SSSR count). The Hall–Kier alpha value is -2.85. The standard InChI is InChI=1S/C19H18ClN5O2/c1-10-5-16-14(17-18(26)22-8-11(2)25(17)23-16)9-24(10)19(27)12-3-4-15(20)13(6-12)7-21/h3-4,6,10-11H,5,8-9H2,1-2H3,(H,22,26)/t10-,11?/m1/s1. The normalized spacial score (nSPS) is 21.1. The molecule has 1 unspecified atom stereocenters. The fraction of sp³-hybridized carbons (Fsp3) is 0.368. The van der Waals surface area contributed by atoms with E-state index in [-0.39, 0.29) is 29.5 Å². The van der Waals surface area contributed by atoms with E-state index in [0.717, 1.165) is 11.3 Å². The molecule has 2 amide bonds. The predicted octanol–water partition coefficient (Wildman–Crippen LogP) is 2.30. The molecule has 7 nitrogen and oxygen atoms in total. The number of nitriles is 1.